The van der Waals surface area contributed by atoms with Crippen LogP contribution in [0.5, 0.6) is 0 Å². The number of hydrogen-bond donors (Lipinski definition) is 0. The summed E-state index contributed by atoms with van der Waals surface area (Å²) in [6.45, 7) is 7.68. The predicted molar refractivity (Wildman–Crippen MR) is 214 cm³/mol. The van der Waals surface area contributed by atoms with Crippen LogP contribution in [0.25, 0.3) is 0 Å². The quantitative estimate of drug-likeness (QED) is 0.0289. The monoisotopic (exact) mass is 720 g/mol. The van der Waals surface area contributed by atoms with Crippen LogP contribution in [0.4, 0.5) is 0 Å². The van der Waals surface area contributed by atoms with Gasteiger partial charge in [0, 0.05) is 12.8 Å². The maximum atomic E-state index is 12.8. The van der Waals surface area contributed by atoms with Crippen molar-refractivity contribution in [1.82, 2.24) is 4.90 Å². The highest BCUT2D eigenvalue weighted by molar-refractivity contribution is 5.72. The van der Waals surface area contributed by atoms with Crippen molar-refractivity contribution < 1.29 is 28.6 Å². The van der Waals surface area contributed by atoms with Gasteiger partial charge in [0.15, 0.2) is 0 Å². The van der Waals surface area contributed by atoms with Gasteiger partial charge in [-0.2, -0.15) is 0 Å². The smallest absolute Gasteiger partial charge is 0.309 e. The number of piperidine rings is 1. The van der Waals surface area contributed by atoms with Crippen LogP contribution in [0, 0.1) is 11.8 Å². The van der Waals surface area contributed by atoms with Gasteiger partial charge >= 0.3 is 17.9 Å². The van der Waals surface area contributed by atoms with Gasteiger partial charge in [0.1, 0.15) is 13.2 Å². The normalized spacial score (nSPS) is 14.0. The van der Waals surface area contributed by atoms with Crippen LogP contribution >= 0.6 is 0 Å². The first-order valence-corrected chi connectivity index (χ1v) is 20.9. The standard InChI is InChI=1S/C43H77NO6.CH4/c1-4-6-8-10-12-20-26-36-48-41(45)30-24-18-14-16-22-28-39(38-50-43(47)40-32-34-44(3)35-33-40)29-23-17-15-19-25-31-42(46)49-37-27-21-13-11-9-7-5-2;/h20-21,26-27,39-40H,4-19,22-25,28-38H2,1-3H3;1H4/b26-20-,27-21-;. The number of carbonyl (C=O) groups excluding carboxylic acids is 3. The van der Waals surface area contributed by atoms with Crippen LogP contribution in [0.2, 0.25) is 0 Å². The Morgan fingerprint density at radius 2 is 1.02 bits per heavy atom. The summed E-state index contributed by atoms with van der Waals surface area (Å²) < 4.78 is 16.6. The average molecular weight is 720 g/mol. The summed E-state index contributed by atoms with van der Waals surface area (Å²) in [5, 5.41) is 0. The first kappa shape index (κ1) is 48.9. The molecule has 0 bridgehead atoms. The molecule has 0 radical (unpaired) electrons. The Bertz CT molecular complexity index is 827. The molecule has 51 heavy (non-hydrogen) atoms. The van der Waals surface area contributed by atoms with E-state index >= 15 is 0 Å². The van der Waals surface area contributed by atoms with E-state index in [1.165, 1.54) is 51.4 Å². The number of likely N-dealkylation sites (tertiary alicyclic amines) is 1. The molecule has 1 aliphatic heterocycles. The molecule has 0 aliphatic carbocycles. The van der Waals surface area contributed by atoms with Gasteiger partial charge in [0.2, 0.25) is 0 Å². The van der Waals surface area contributed by atoms with E-state index in [1.54, 1.807) is 0 Å². The third-order valence-electron chi connectivity index (χ3n) is 9.96. The molecule has 0 aromatic heterocycles. The zero-order valence-electron chi connectivity index (χ0n) is 32.8. The lowest BCUT2D eigenvalue weighted by atomic mass is 9.94. The lowest BCUT2D eigenvalue weighted by Crippen LogP contribution is -2.34. The Labute approximate surface area is 315 Å². The molecule has 0 amide bonds. The predicted octanol–water partition coefficient (Wildman–Crippen LogP) is 11.7. The summed E-state index contributed by atoms with van der Waals surface area (Å²) in [7, 11) is 2.11. The lowest BCUT2D eigenvalue weighted by molar-refractivity contribution is -0.151. The summed E-state index contributed by atoms with van der Waals surface area (Å²) in [4.78, 5) is 39.1. The molecule has 1 saturated heterocycles. The third-order valence-corrected chi connectivity index (χ3v) is 9.96. The molecule has 7 nitrogen and oxygen atoms in total. The minimum Gasteiger partial charge on any atom is -0.465 e. The maximum absolute atomic E-state index is 12.8. The Morgan fingerprint density at radius 1 is 0.588 bits per heavy atom. The molecule has 0 aromatic carbocycles. The summed E-state index contributed by atoms with van der Waals surface area (Å²) in [6.07, 6.45) is 35.9. The van der Waals surface area contributed by atoms with Crippen LogP contribution in [-0.2, 0) is 28.6 Å². The number of rotatable bonds is 33. The Kier molecular flexibility index (Phi) is 34.7. The second kappa shape index (κ2) is 36.2. The minimum absolute atomic E-state index is 0. The SMILES string of the molecule is C.CCCCCC/C=C\COC(=O)CCCCCCCC(CCCCCCCC(=O)OC/C=C\CCCCCC)COC(=O)C1CCN(C)CC1. The summed E-state index contributed by atoms with van der Waals surface area (Å²) >= 11 is 0. The van der Waals surface area contributed by atoms with Crippen LogP contribution in [0.15, 0.2) is 24.3 Å². The Hall–Kier alpha value is -2.15. The van der Waals surface area contributed by atoms with Gasteiger partial charge < -0.3 is 19.1 Å². The first-order chi connectivity index (χ1) is 24.5. The second-order valence-corrected chi connectivity index (χ2v) is 14.7. The van der Waals surface area contributed by atoms with Crippen molar-refractivity contribution in [3.8, 4) is 0 Å². The van der Waals surface area contributed by atoms with Crippen molar-refractivity contribution in [3.05, 3.63) is 24.3 Å². The van der Waals surface area contributed by atoms with Crippen molar-refractivity contribution in [3.63, 3.8) is 0 Å². The number of unbranched alkanes of at least 4 members (excludes halogenated alkanes) is 16. The van der Waals surface area contributed by atoms with Gasteiger partial charge in [-0.15, -0.1) is 0 Å². The fraction of sp³-hybridized carbons (Fsp3) is 0.841. The zero-order chi connectivity index (χ0) is 36.3. The van der Waals surface area contributed by atoms with Gasteiger partial charge in [-0.3, -0.25) is 14.4 Å². The highest BCUT2D eigenvalue weighted by atomic mass is 16.5. The van der Waals surface area contributed by atoms with E-state index in [4.69, 9.17) is 14.2 Å². The minimum atomic E-state index is -0.0942. The van der Waals surface area contributed by atoms with Crippen LogP contribution < -0.4 is 0 Å². The topological polar surface area (TPSA) is 82.1 Å². The fourth-order valence-electron chi connectivity index (χ4n) is 6.51. The summed E-state index contributed by atoms with van der Waals surface area (Å²) in [5.74, 6) is 0.247. The van der Waals surface area contributed by atoms with Crippen molar-refractivity contribution >= 4 is 17.9 Å². The van der Waals surface area contributed by atoms with Crippen molar-refractivity contribution in [2.24, 2.45) is 11.8 Å². The van der Waals surface area contributed by atoms with E-state index in [0.717, 1.165) is 116 Å². The zero-order valence-corrected chi connectivity index (χ0v) is 32.8. The van der Waals surface area contributed by atoms with Crippen LogP contribution in [-0.4, -0.2) is 62.8 Å². The van der Waals surface area contributed by atoms with E-state index in [0.29, 0.717) is 38.6 Å². The van der Waals surface area contributed by atoms with Crippen molar-refractivity contribution in [1.29, 1.82) is 0 Å². The second-order valence-electron chi connectivity index (χ2n) is 14.7. The number of esters is 3. The summed E-state index contributed by atoms with van der Waals surface area (Å²) in [6, 6.07) is 0. The summed E-state index contributed by atoms with van der Waals surface area (Å²) in [5.41, 5.74) is 0. The van der Waals surface area contributed by atoms with E-state index < -0.39 is 0 Å². The fourth-order valence-corrected chi connectivity index (χ4v) is 6.51. The molecule has 1 rings (SSSR count). The van der Waals surface area contributed by atoms with Gasteiger partial charge in [-0.1, -0.05) is 135 Å². The highest BCUT2D eigenvalue weighted by Gasteiger charge is 2.25. The van der Waals surface area contributed by atoms with Crippen molar-refractivity contribution in [2.45, 2.75) is 188 Å². The lowest BCUT2D eigenvalue weighted by Gasteiger charge is -2.28. The molecule has 0 aromatic rings. The molecule has 7 heteroatoms. The largest absolute Gasteiger partial charge is 0.465 e. The molecule has 1 heterocycles. The van der Waals surface area contributed by atoms with Crippen LogP contribution in [0.3, 0.4) is 0 Å². The first-order valence-electron chi connectivity index (χ1n) is 20.9. The van der Waals surface area contributed by atoms with E-state index in [2.05, 4.69) is 37.9 Å². The Morgan fingerprint density at radius 3 is 1.49 bits per heavy atom. The highest BCUT2D eigenvalue weighted by Crippen LogP contribution is 2.22. The molecule has 298 valence electrons. The number of hydrogen-bond acceptors (Lipinski definition) is 7. The Balaban J connectivity index is 0.0000250. The third kappa shape index (κ3) is 31.1. The van der Waals surface area contributed by atoms with Gasteiger partial charge in [-0.05, 0) is 90.3 Å². The number of ether oxygens (including phenoxy) is 3. The molecule has 1 fully saturated rings. The van der Waals surface area contributed by atoms with Gasteiger partial charge in [0.05, 0.1) is 12.5 Å². The van der Waals surface area contributed by atoms with Gasteiger partial charge in [0.25, 0.3) is 0 Å². The number of carbonyl (C=O) groups is 3. The van der Waals surface area contributed by atoms with Crippen LogP contribution in [0.1, 0.15) is 188 Å². The average Bonchev–Trinajstić information content (AvgIpc) is 3.11. The molecule has 1 aliphatic rings. The number of allylic oxidation sites excluding steroid dienone is 2. The molecule has 0 atom stereocenters. The molecule has 0 spiro atoms. The number of nitrogens with zero attached hydrogens (tertiary/aromatic N) is 1. The molecule has 0 unspecified atom stereocenters. The van der Waals surface area contributed by atoms with Crippen molar-refractivity contribution in [2.75, 3.05) is 40.0 Å². The van der Waals surface area contributed by atoms with E-state index in [9.17, 15) is 14.4 Å². The van der Waals surface area contributed by atoms with E-state index in [1.807, 2.05) is 12.2 Å². The van der Waals surface area contributed by atoms with E-state index in [-0.39, 0.29) is 31.3 Å². The molecular weight excluding hydrogens is 638 g/mol. The molecular formula is C44H81NO6. The molecule has 0 N–H and O–H groups in total. The maximum Gasteiger partial charge on any atom is 0.309 e. The molecule has 0 saturated carbocycles. The van der Waals surface area contributed by atoms with Gasteiger partial charge in [-0.25, -0.2) is 0 Å².